The number of hydrogen-bond donors (Lipinski definition) is 2. The first-order valence-corrected chi connectivity index (χ1v) is 10.2. The van der Waals surface area contributed by atoms with E-state index in [4.69, 9.17) is 9.88 Å². The molecule has 0 saturated carbocycles. The maximum absolute atomic E-state index is 11.3. The van der Waals surface area contributed by atoms with Crippen molar-refractivity contribution in [3.8, 4) is 5.75 Å². The standard InChI is InChI=1S/C21H22N2O3S/c22-27(24,25)20-13-11-19(12-14-20)26-16-15-23-21(17-7-3-1-4-8-17)18-9-5-2-6-10-18/h1-14,21,23H,15-16H2,(H2,22,24,25). The van der Waals surface area contributed by atoms with Crippen LogP contribution in [-0.2, 0) is 10.0 Å². The Morgan fingerprint density at radius 1 is 0.815 bits per heavy atom. The Bertz CT molecular complexity index is 904. The Morgan fingerprint density at radius 2 is 1.33 bits per heavy atom. The molecule has 0 radical (unpaired) electrons. The molecule has 0 aliphatic heterocycles. The van der Waals surface area contributed by atoms with Crippen LogP contribution in [0, 0.1) is 0 Å². The molecule has 0 atom stereocenters. The lowest BCUT2D eigenvalue weighted by atomic mass is 9.99. The Labute approximate surface area is 159 Å². The molecule has 5 nitrogen and oxygen atoms in total. The molecule has 0 unspecified atom stereocenters. The highest BCUT2D eigenvalue weighted by Gasteiger charge is 2.12. The first kappa shape index (κ1) is 19.1. The summed E-state index contributed by atoms with van der Waals surface area (Å²) in [5.41, 5.74) is 2.36. The van der Waals surface area contributed by atoms with E-state index < -0.39 is 10.0 Å². The molecule has 0 spiro atoms. The zero-order valence-corrected chi connectivity index (χ0v) is 15.6. The number of benzene rings is 3. The first-order valence-electron chi connectivity index (χ1n) is 8.63. The van der Waals surface area contributed by atoms with Crippen molar-refractivity contribution in [2.45, 2.75) is 10.9 Å². The topological polar surface area (TPSA) is 81.4 Å². The van der Waals surface area contributed by atoms with Crippen molar-refractivity contribution in [3.05, 3.63) is 96.1 Å². The highest BCUT2D eigenvalue weighted by atomic mass is 32.2. The minimum Gasteiger partial charge on any atom is -0.492 e. The fraction of sp³-hybridized carbons (Fsp3) is 0.143. The number of ether oxygens (including phenoxy) is 1. The van der Waals surface area contributed by atoms with Crippen LogP contribution >= 0.6 is 0 Å². The van der Waals surface area contributed by atoms with Gasteiger partial charge >= 0.3 is 0 Å². The molecule has 0 aliphatic carbocycles. The summed E-state index contributed by atoms with van der Waals surface area (Å²) in [6.07, 6.45) is 0. The normalized spacial score (nSPS) is 11.5. The van der Waals surface area contributed by atoms with Crippen LogP contribution in [0.25, 0.3) is 0 Å². The summed E-state index contributed by atoms with van der Waals surface area (Å²) in [5, 5.41) is 8.61. The summed E-state index contributed by atoms with van der Waals surface area (Å²) < 4.78 is 28.2. The Hall–Kier alpha value is -2.67. The van der Waals surface area contributed by atoms with Crippen LogP contribution in [0.1, 0.15) is 17.2 Å². The lowest BCUT2D eigenvalue weighted by Crippen LogP contribution is -2.27. The zero-order valence-electron chi connectivity index (χ0n) is 14.8. The largest absolute Gasteiger partial charge is 0.492 e. The van der Waals surface area contributed by atoms with Crippen molar-refractivity contribution in [1.29, 1.82) is 0 Å². The number of nitrogens with two attached hydrogens (primary N) is 1. The third-order valence-electron chi connectivity index (χ3n) is 4.14. The van der Waals surface area contributed by atoms with E-state index in [1.165, 1.54) is 23.3 Å². The SMILES string of the molecule is NS(=O)(=O)c1ccc(OCCNC(c2ccccc2)c2ccccc2)cc1. The molecule has 0 saturated heterocycles. The minimum atomic E-state index is -3.69. The summed E-state index contributed by atoms with van der Waals surface area (Å²) in [6.45, 7) is 1.08. The maximum Gasteiger partial charge on any atom is 0.238 e. The van der Waals surface area contributed by atoms with Gasteiger partial charge in [-0.2, -0.15) is 0 Å². The van der Waals surface area contributed by atoms with Crippen molar-refractivity contribution in [3.63, 3.8) is 0 Å². The van der Waals surface area contributed by atoms with Crippen LogP contribution in [0.15, 0.2) is 89.8 Å². The molecule has 3 N–H and O–H groups in total. The van der Waals surface area contributed by atoms with E-state index in [1.807, 2.05) is 36.4 Å². The van der Waals surface area contributed by atoms with Gasteiger partial charge in [-0.25, -0.2) is 13.6 Å². The third kappa shape index (κ3) is 5.40. The van der Waals surface area contributed by atoms with E-state index in [0.29, 0.717) is 18.9 Å². The number of primary sulfonamides is 1. The van der Waals surface area contributed by atoms with Gasteiger partial charge in [0.05, 0.1) is 10.9 Å². The molecule has 6 heteroatoms. The smallest absolute Gasteiger partial charge is 0.238 e. The van der Waals surface area contributed by atoms with Crippen LogP contribution in [0.5, 0.6) is 5.75 Å². The molecule has 0 amide bonds. The summed E-state index contributed by atoms with van der Waals surface area (Å²) in [6, 6.07) is 26.6. The van der Waals surface area contributed by atoms with Crippen LogP contribution in [-0.4, -0.2) is 21.6 Å². The second-order valence-corrected chi connectivity index (χ2v) is 7.63. The molecule has 3 aromatic rings. The van der Waals surface area contributed by atoms with Gasteiger partial charge in [0.25, 0.3) is 0 Å². The molecule has 0 aliphatic rings. The predicted octanol–water partition coefficient (Wildman–Crippen LogP) is 3.09. The second kappa shape index (κ2) is 8.81. The van der Waals surface area contributed by atoms with E-state index in [1.54, 1.807) is 12.1 Å². The summed E-state index contributed by atoms with van der Waals surface area (Å²) in [5.74, 6) is 0.597. The van der Waals surface area contributed by atoms with Crippen molar-refractivity contribution in [2.24, 2.45) is 5.14 Å². The molecular weight excluding hydrogens is 360 g/mol. The number of nitrogens with one attached hydrogen (secondary N) is 1. The summed E-state index contributed by atoms with van der Waals surface area (Å²) in [4.78, 5) is 0.0706. The number of sulfonamides is 1. The molecular formula is C21H22N2O3S. The van der Waals surface area contributed by atoms with E-state index in [9.17, 15) is 8.42 Å². The van der Waals surface area contributed by atoms with E-state index in [-0.39, 0.29) is 10.9 Å². The molecule has 140 valence electrons. The van der Waals surface area contributed by atoms with Crippen molar-refractivity contribution in [2.75, 3.05) is 13.2 Å². The average molecular weight is 382 g/mol. The Balaban J connectivity index is 1.60. The zero-order chi connectivity index (χ0) is 19.1. The highest BCUT2D eigenvalue weighted by molar-refractivity contribution is 7.89. The van der Waals surface area contributed by atoms with Gasteiger partial charge in [0, 0.05) is 6.54 Å². The lowest BCUT2D eigenvalue weighted by molar-refractivity contribution is 0.309. The molecule has 3 aromatic carbocycles. The van der Waals surface area contributed by atoms with Gasteiger partial charge in [0.15, 0.2) is 0 Å². The highest BCUT2D eigenvalue weighted by Crippen LogP contribution is 2.21. The molecule has 0 aromatic heterocycles. The van der Waals surface area contributed by atoms with Gasteiger partial charge < -0.3 is 10.1 Å². The lowest BCUT2D eigenvalue weighted by Gasteiger charge is -2.20. The van der Waals surface area contributed by atoms with E-state index in [2.05, 4.69) is 29.6 Å². The van der Waals surface area contributed by atoms with Gasteiger partial charge in [-0.3, -0.25) is 0 Å². The Morgan fingerprint density at radius 3 is 1.81 bits per heavy atom. The number of rotatable bonds is 8. The van der Waals surface area contributed by atoms with Gasteiger partial charge in [0.1, 0.15) is 12.4 Å². The quantitative estimate of drug-likeness (QED) is 0.587. The van der Waals surface area contributed by atoms with Crippen molar-refractivity contribution in [1.82, 2.24) is 5.32 Å². The maximum atomic E-state index is 11.3. The fourth-order valence-corrected chi connectivity index (χ4v) is 3.33. The van der Waals surface area contributed by atoms with E-state index in [0.717, 1.165) is 0 Å². The van der Waals surface area contributed by atoms with Crippen LogP contribution in [0.2, 0.25) is 0 Å². The molecule has 0 heterocycles. The molecule has 3 rings (SSSR count). The fourth-order valence-electron chi connectivity index (χ4n) is 2.82. The predicted molar refractivity (Wildman–Crippen MR) is 106 cm³/mol. The Kier molecular flexibility index (Phi) is 6.24. The summed E-state index contributed by atoms with van der Waals surface area (Å²) in [7, 11) is -3.69. The van der Waals surface area contributed by atoms with Crippen molar-refractivity contribution >= 4 is 10.0 Å². The van der Waals surface area contributed by atoms with Crippen molar-refractivity contribution < 1.29 is 13.2 Å². The van der Waals surface area contributed by atoms with Gasteiger partial charge in [0.2, 0.25) is 10.0 Å². The van der Waals surface area contributed by atoms with Gasteiger partial charge in [-0.15, -0.1) is 0 Å². The average Bonchev–Trinajstić information content (AvgIpc) is 2.69. The van der Waals surface area contributed by atoms with Crippen LogP contribution in [0.3, 0.4) is 0 Å². The molecule has 0 bridgehead atoms. The van der Waals surface area contributed by atoms with Crippen LogP contribution in [0.4, 0.5) is 0 Å². The minimum absolute atomic E-state index is 0.0701. The first-order chi connectivity index (χ1) is 13.0. The monoisotopic (exact) mass is 382 g/mol. The second-order valence-electron chi connectivity index (χ2n) is 6.07. The van der Waals surface area contributed by atoms with Gasteiger partial charge in [-0.1, -0.05) is 60.7 Å². The third-order valence-corrected chi connectivity index (χ3v) is 5.07. The van der Waals surface area contributed by atoms with Gasteiger partial charge in [-0.05, 0) is 35.4 Å². The molecule has 27 heavy (non-hydrogen) atoms. The number of hydrogen-bond acceptors (Lipinski definition) is 4. The van der Waals surface area contributed by atoms with Crippen LogP contribution < -0.4 is 15.2 Å². The molecule has 0 fully saturated rings. The van der Waals surface area contributed by atoms with E-state index >= 15 is 0 Å². The summed E-state index contributed by atoms with van der Waals surface area (Å²) >= 11 is 0.